The summed E-state index contributed by atoms with van der Waals surface area (Å²) in [6.45, 7) is 8.45. The van der Waals surface area contributed by atoms with Crippen molar-refractivity contribution in [2.75, 3.05) is 12.0 Å². The summed E-state index contributed by atoms with van der Waals surface area (Å²) in [6, 6.07) is 26.4. The molecule has 0 aromatic heterocycles. The van der Waals surface area contributed by atoms with Crippen LogP contribution in [0.5, 0.6) is 5.75 Å². The van der Waals surface area contributed by atoms with Crippen molar-refractivity contribution in [2.24, 2.45) is 4.99 Å². The number of hydrogen-bond acceptors (Lipinski definition) is 3. The molecule has 0 saturated heterocycles. The van der Waals surface area contributed by atoms with Crippen molar-refractivity contribution < 1.29 is 19.0 Å². The Morgan fingerprint density at radius 2 is 1.65 bits per heavy atom. The minimum Gasteiger partial charge on any atom is -0.495 e. The Kier molecular flexibility index (Phi) is 7.19. The number of ether oxygens (including phenoxy) is 1. The summed E-state index contributed by atoms with van der Waals surface area (Å²) in [7, 11) is 1.60. The molecule has 1 heterocycles. The van der Waals surface area contributed by atoms with Gasteiger partial charge in [-0.15, -0.1) is 0 Å². The van der Waals surface area contributed by atoms with Gasteiger partial charge < -0.3 is 19.5 Å². The molecule has 1 aliphatic heterocycles. The highest BCUT2D eigenvalue weighted by Crippen LogP contribution is 2.46. The van der Waals surface area contributed by atoms with Crippen molar-refractivity contribution in [1.82, 2.24) is 0 Å². The maximum Gasteiger partial charge on any atom is 0.482 e. The maximum atomic E-state index is 15.2. The second kappa shape index (κ2) is 10.6. The average molecular weight is 538 g/mol. The minimum absolute atomic E-state index is 0.139. The predicted octanol–water partition coefficient (Wildman–Crippen LogP) is 8.20. The lowest BCUT2D eigenvalue weighted by Crippen LogP contribution is -2.39. The highest BCUT2D eigenvalue weighted by molar-refractivity contribution is 6.14. The van der Waals surface area contributed by atoms with Crippen molar-refractivity contribution in [3.8, 4) is 16.9 Å². The Hall–Kier alpha value is -4.45. The van der Waals surface area contributed by atoms with Gasteiger partial charge in [-0.2, -0.15) is 0 Å². The molecule has 40 heavy (non-hydrogen) atoms. The fraction of sp³-hybridized carbons (Fsp3) is 0.235. The SMILES string of the molecule is COc1ccc(C(C)(C)C)cc1N1C(c2ccc(-c3cccc(C)c3)cc2)=Nc2c(F)cccc2C1CC(O)=[OH+]. The van der Waals surface area contributed by atoms with E-state index in [2.05, 4.69) is 45.9 Å². The van der Waals surface area contributed by atoms with E-state index in [4.69, 9.17) is 9.73 Å². The van der Waals surface area contributed by atoms with E-state index in [0.29, 0.717) is 22.8 Å². The number of methoxy groups -OCH3 is 1. The molecule has 6 heteroatoms. The van der Waals surface area contributed by atoms with Crippen molar-refractivity contribution in [3.05, 3.63) is 113 Å². The van der Waals surface area contributed by atoms with Gasteiger partial charge >= 0.3 is 5.97 Å². The van der Waals surface area contributed by atoms with E-state index in [1.54, 1.807) is 19.2 Å². The number of amidine groups is 1. The van der Waals surface area contributed by atoms with Crippen molar-refractivity contribution >= 4 is 23.2 Å². The van der Waals surface area contributed by atoms with E-state index in [1.807, 2.05) is 53.4 Å². The van der Waals surface area contributed by atoms with E-state index in [1.165, 1.54) is 11.6 Å². The first-order chi connectivity index (χ1) is 19.1. The van der Waals surface area contributed by atoms with E-state index >= 15 is 4.39 Å². The number of hydrogen-bond donors (Lipinski definition) is 1. The van der Waals surface area contributed by atoms with Gasteiger partial charge in [-0.25, -0.2) is 9.38 Å². The molecule has 5 nitrogen and oxygen atoms in total. The Morgan fingerprint density at radius 1 is 0.950 bits per heavy atom. The molecule has 0 aliphatic carbocycles. The normalized spacial score (nSPS) is 14.9. The van der Waals surface area contributed by atoms with E-state index in [-0.39, 0.29) is 17.5 Å². The number of halogens is 1. The molecule has 5 rings (SSSR count). The zero-order chi connectivity index (χ0) is 28.6. The van der Waals surface area contributed by atoms with Crippen LogP contribution in [0.25, 0.3) is 11.1 Å². The molecular formula is C34H34FN2O3+. The van der Waals surface area contributed by atoms with Gasteiger partial charge in [0.05, 0.1) is 18.8 Å². The molecule has 0 radical (unpaired) electrons. The molecule has 1 atom stereocenters. The number of carboxylic acid groups (broad SMARTS) is 1. The Bertz CT molecular complexity index is 1600. The summed E-state index contributed by atoms with van der Waals surface area (Å²) in [5.74, 6) is -0.126. The first kappa shape index (κ1) is 27.1. The number of aryl methyl sites for hydroxylation is 1. The van der Waals surface area contributed by atoms with Crippen LogP contribution < -0.4 is 9.64 Å². The zero-order valence-electron chi connectivity index (χ0n) is 23.4. The van der Waals surface area contributed by atoms with Gasteiger partial charge in [-0.05, 0) is 47.2 Å². The van der Waals surface area contributed by atoms with Crippen LogP contribution in [0.3, 0.4) is 0 Å². The maximum absolute atomic E-state index is 15.2. The molecule has 0 fully saturated rings. The van der Waals surface area contributed by atoms with Crippen LogP contribution in [-0.4, -0.2) is 28.8 Å². The number of benzene rings is 4. The number of carboxylic acids is 1. The number of nitrogens with zero attached hydrogens (tertiary/aromatic N) is 2. The number of aliphatic carboxylic acids is 1. The van der Waals surface area contributed by atoms with E-state index in [0.717, 1.165) is 22.3 Å². The predicted molar refractivity (Wildman–Crippen MR) is 160 cm³/mol. The van der Waals surface area contributed by atoms with Crippen LogP contribution in [0.15, 0.2) is 89.9 Å². The summed E-state index contributed by atoms with van der Waals surface area (Å²) >= 11 is 0. The lowest BCUT2D eigenvalue weighted by Gasteiger charge is -2.38. The molecule has 4 aromatic rings. The largest absolute Gasteiger partial charge is 0.495 e. The molecule has 0 bridgehead atoms. The topological polar surface area (TPSA) is 66.5 Å². The molecular weight excluding hydrogens is 503 g/mol. The van der Waals surface area contributed by atoms with Crippen molar-refractivity contribution in [1.29, 1.82) is 0 Å². The van der Waals surface area contributed by atoms with Gasteiger partial charge in [0.15, 0.2) is 0 Å². The van der Waals surface area contributed by atoms with Crippen LogP contribution in [0, 0.1) is 12.7 Å². The van der Waals surface area contributed by atoms with Gasteiger partial charge in [-0.3, -0.25) is 0 Å². The average Bonchev–Trinajstić information content (AvgIpc) is 2.92. The Labute approximate surface area is 234 Å². The first-order valence-corrected chi connectivity index (χ1v) is 13.3. The minimum atomic E-state index is -0.743. The fourth-order valence-corrected chi connectivity index (χ4v) is 5.21. The molecule has 0 spiro atoms. The van der Waals surface area contributed by atoms with Gasteiger partial charge in [0.2, 0.25) is 0 Å². The molecule has 0 saturated carbocycles. The number of anilines is 1. The lowest BCUT2D eigenvalue weighted by molar-refractivity contribution is 0.410. The smallest absolute Gasteiger partial charge is 0.482 e. The van der Waals surface area contributed by atoms with Gasteiger partial charge in [0.1, 0.15) is 29.5 Å². The van der Waals surface area contributed by atoms with Gasteiger partial charge in [0.25, 0.3) is 0 Å². The van der Waals surface area contributed by atoms with E-state index in [9.17, 15) is 9.90 Å². The highest BCUT2D eigenvalue weighted by atomic mass is 19.1. The van der Waals surface area contributed by atoms with Crippen molar-refractivity contribution in [2.45, 2.75) is 45.6 Å². The molecule has 0 amide bonds. The second-order valence-electron chi connectivity index (χ2n) is 11.2. The highest BCUT2D eigenvalue weighted by Gasteiger charge is 2.38. The number of aliphatic hydroxyl groups excluding tert-OH is 1. The number of aliphatic imine (C=N–C) groups is 1. The van der Waals surface area contributed by atoms with Crippen LogP contribution in [0.4, 0.5) is 15.8 Å². The van der Waals surface area contributed by atoms with Crippen LogP contribution in [0.2, 0.25) is 0 Å². The molecule has 4 aromatic carbocycles. The summed E-state index contributed by atoms with van der Waals surface area (Å²) in [6.07, 6.45) is -0.139. The van der Waals surface area contributed by atoms with Crippen LogP contribution in [-0.2, 0) is 5.41 Å². The number of fused-ring (bicyclic) bond motifs is 1. The summed E-state index contributed by atoms with van der Waals surface area (Å²) in [5, 5.41) is 10.1. The summed E-state index contributed by atoms with van der Waals surface area (Å²) < 4.78 is 21.0. The van der Waals surface area contributed by atoms with E-state index < -0.39 is 17.8 Å². The molecule has 1 unspecified atom stereocenters. The first-order valence-electron chi connectivity index (χ1n) is 13.3. The Morgan fingerprint density at radius 3 is 2.30 bits per heavy atom. The summed E-state index contributed by atoms with van der Waals surface area (Å²) in [4.78, 5) is 16.9. The van der Waals surface area contributed by atoms with Crippen LogP contribution in [0.1, 0.15) is 55.5 Å². The molecule has 1 aliphatic rings. The monoisotopic (exact) mass is 537 g/mol. The standard InChI is InChI=1S/C34H33FN2O3/c1-21-8-6-9-24(18-21)22-12-14-23(15-13-22)33-36-32-26(10-7-11-27(32)35)28(20-31(38)39)37(33)29-19-25(34(2,3)4)16-17-30(29)40-5/h6-19,28H,20H2,1-5H3,(H,38,39)/p+1. The lowest BCUT2D eigenvalue weighted by atomic mass is 9.86. The quantitative estimate of drug-likeness (QED) is 0.252. The second-order valence-corrected chi connectivity index (χ2v) is 11.2. The zero-order valence-corrected chi connectivity index (χ0v) is 23.4. The van der Waals surface area contributed by atoms with Gasteiger partial charge in [-0.1, -0.05) is 93.1 Å². The Balaban J connectivity index is 1.74. The van der Waals surface area contributed by atoms with Crippen LogP contribution >= 0.6 is 0 Å². The number of rotatable bonds is 6. The third-order valence-electron chi connectivity index (χ3n) is 7.31. The summed E-state index contributed by atoms with van der Waals surface area (Å²) in [5.41, 5.74) is 6.44. The third-order valence-corrected chi connectivity index (χ3v) is 7.31. The third kappa shape index (κ3) is 5.22. The molecule has 204 valence electrons. The number of para-hydroxylation sites is 1. The van der Waals surface area contributed by atoms with Crippen molar-refractivity contribution in [3.63, 3.8) is 0 Å². The van der Waals surface area contributed by atoms with Gasteiger partial charge in [0, 0.05) is 11.1 Å². The molecule has 2 N–H and O–H groups in total. The fourth-order valence-electron chi connectivity index (χ4n) is 5.21.